The van der Waals surface area contributed by atoms with Crippen LogP contribution in [0.5, 0.6) is 5.75 Å². The van der Waals surface area contributed by atoms with Gasteiger partial charge in [0.15, 0.2) is 5.69 Å². The summed E-state index contributed by atoms with van der Waals surface area (Å²) in [5, 5.41) is 13.9. The van der Waals surface area contributed by atoms with Gasteiger partial charge in [0.1, 0.15) is 11.8 Å². The van der Waals surface area contributed by atoms with Gasteiger partial charge in [0.2, 0.25) is 0 Å². The van der Waals surface area contributed by atoms with E-state index in [0.717, 1.165) is 24.0 Å². The number of ether oxygens (including phenoxy) is 1. The standard InChI is InChI=1S/C17H20N4O/c1-22-17-13(8-5-9-15(17)19)14-11-21(20-16(14)10-18)12-6-3-2-4-7-12/h5,8-9,11-12H,2-4,6-7,19H2,1H3. The Morgan fingerprint density at radius 2 is 2.05 bits per heavy atom. The van der Waals surface area contributed by atoms with Crippen LogP contribution in [0.3, 0.4) is 0 Å². The van der Waals surface area contributed by atoms with Crippen LogP contribution in [0.15, 0.2) is 24.4 Å². The van der Waals surface area contributed by atoms with E-state index in [1.165, 1.54) is 19.3 Å². The Kier molecular flexibility index (Phi) is 4.01. The number of rotatable bonds is 3. The van der Waals surface area contributed by atoms with Crippen molar-refractivity contribution >= 4 is 5.69 Å². The Morgan fingerprint density at radius 1 is 1.27 bits per heavy atom. The van der Waals surface area contributed by atoms with Crippen molar-refractivity contribution in [3.8, 4) is 22.9 Å². The molecule has 2 aromatic rings. The first-order chi connectivity index (χ1) is 10.7. The van der Waals surface area contributed by atoms with Crippen LogP contribution in [0.25, 0.3) is 11.1 Å². The highest BCUT2D eigenvalue weighted by Gasteiger charge is 2.21. The minimum absolute atomic E-state index is 0.390. The van der Waals surface area contributed by atoms with Crippen molar-refractivity contribution in [3.05, 3.63) is 30.1 Å². The van der Waals surface area contributed by atoms with Gasteiger partial charge in [0.25, 0.3) is 0 Å². The first kappa shape index (κ1) is 14.5. The maximum Gasteiger partial charge on any atom is 0.170 e. The highest BCUT2D eigenvalue weighted by atomic mass is 16.5. The van der Waals surface area contributed by atoms with Crippen LogP contribution in [0.2, 0.25) is 0 Å². The molecule has 5 nitrogen and oxygen atoms in total. The molecule has 0 saturated heterocycles. The molecular weight excluding hydrogens is 276 g/mol. The van der Waals surface area contributed by atoms with Crippen LogP contribution in [-0.4, -0.2) is 16.9 Å². The lowest BCUT2D eigenvalue weighted by molar-refractivity contribution is 0.329. The maximum absolute atomic E-state index is 9.43. The van der Waals surface area contributed by atoms with Crippen molar-refractivity contribution in [3.63, 3.8) is 0 Å². The molecule has 0 spiro atoms. The SMILES string of the molecule is COc1c(N)cccc1-c1cn(C2CCCCC2)nc1C#N. The Hall–Kier alpha value is -2.48. The molecule has 0 amide bonds. The molecule has 5 heteroatoms. The van der Waals surface area contributed by atoms with Gasteiger partial charge in [-0.3, -0.25) is 4.68 Å². The van der Waals surface area contributed by atoms with Gasteiger partial charge in [-0.1, -0.05) is 31.4 Å². The number of anilines is 1. The van der Waals surface area contributed by atoms with E-state index in [2.05, 4.69) is 11.2 Å². The summed E-state index contributed by atoms with van der Waals surface area (Å²) in [6.45, 7) is 0. The van der Waals surface area contributed by atoms with Crippen molar-refractivity contribution in [1.29, 1.82) is 5.26 Å². The predicted octanol–water partition coefficient (Wildman–Crippen LogP) is 3.52. The van der Waals surface area contributed by atoms with Gasteiger partial charge in [-0.2, -0.15) is 10.4 Å². The number of para-hydroxylation sites is 1. The largest absolute Gasteiger partial charge is 0.494 e. The average Bonchev–Trinajstić information content (AvgIpc) is 2.99. The van der Waals surface area contributed by atoms with Crippen molar-refractivity contribution in [2.24, 2.45) is 0 Å². The first-order valence-electron chi connectivity index (χ1n) is 7.66. The topological polar surface area (TPSA) is 76.9 Å². The number of aromatic nitrogens is 2. The second-order valence-electron chi connectivity index (χ2n) is 5.70. The molecule has 2 N–H and O–H groups in total. The summed E-state index contributed by atoms with van der Waals surface area (Å²) in [4.78, 5) is 0. The van der Waals surface area contributed by atoms with Gasteiger partial charge < -0.3 is 10.5 Å². The van der Waals surface area contributed by atoms with E-state index in [1.807, 2.05) is 23.0 Å². The second-order valence-corrected chi connectivity index (χ2v) is 5.70. The third-order valence-corrected chi connectivity index (χ3v) is 4.33. The highest BCUT2D eigenvalue weighted by Crippen LogP contribution is 2.37. The predicted molar refractivity (Wildman–Crippen MR) is 85.5 cm³/mol. The van der Waals surface area contributed by atoms with E-state index in [1.54, 1.807) is 13.2 Å². The van der Waals surface area contributed by atoms with E-state index >= 15 is 0 Å². The fraction of sp³-hybridized carbons (Fsp3) is 0.412. The normalized spacial score (nSPS) is 15.5. The molecule has 22 heavy (non-hydrogen) atoms. The third kappa shape index (κ3) is 2.52. The number of nitrogen functional groups attached to an aromatic ring is 1. The number of benzene rings is 1. The van der Waals surface area contributed by atoms with Gasteiger partial charge in [-0.05, 0) is 18.9 Å². The zero-order valence-electron chi connectivity index (χ0n) is 12.7. The van der Waals surface area contributed by atoms with Crippen molar-refractivity contribution in [2.75, 3.05) is 12.8 Å². The molecule has 1 aliphatic rings. The minimum Gasteiger partial charge on any atom is -0.494 e. The van der Waals surface area contributed by atoms with Crippen LogP contribution < -0.4 is 10.5 Å². The summed E-state index contributed by atoms with van der Waals surface area (Å²) in [7, 11) is 1.59. The zero-order valence-corrected chi connectivity index (χ0v) is 12.7. The molecule has 3 rings (SSSR count). The molecule has 0 bridgehead atoms. The molecule has 0 unspecified atom stereocenters. The quantitative estimate of drug-likeness (QED) is 0.879. The molecule has 1 aliphatic carbocycles. The molecule has 1 heterocycles. The molecule has 0 radical (unpaired) electrons. The van der Waals surface area contributed by atoms with Crippen LogP contribution in [0.1, 0.15) is 43.8 Å². The van der Waals surface area contributed by atoms with Crippen molar-refractivity contribution in [1.82, 2.24) is 9.78 Å². The first-order valence-corrected chi connectivity index (χ1v) is 7.66. The van der Waals surface area contributed by atoms with E-state index in [0.29, 0.717) is 23.2 Å². The zero-order chi connectivity index (χ0) is 15.5. The third-order valence-electron chi connectivity index (χ3n) is 4.33. The second kappa shape index (κ2) is 6.10. The molecule has 0 atom stereocenters. The number of nitriles is 1. The van der Waals surface area contributed by atoms with E-state index < -0.39 is 0 Å². The van der Waals surface area contributed by atoms with Crippen LogP contribution in [0, 0.1) is 11.3 Å². The highest BCUT2D eigenvalue weighted by molar-refractivity contribution is 5.79. The molecule has 1 aromatic heterocycles. The Morgan fingerprint density at radius 3 is 2.73 bits per heavy atom. The number of nitrogens with zero attached hydrogens (tertiary/aromatic N) is 3. The summed E-state index contributed by atoms with van der Waals surface area (Å²) in [6, 6.07) is 8.16. The fourth-order valence-electron chi connectivity index (χ4n) is 3.20. The van der Waals surface area contributed by atoms with Gasteiger partial charge >= 0.3 is 0 Å². The molecule has 0 aliphatic heterocycles. The molecule has 1 aromatic carbocycles. The molecule has 1 saturated carbocycles. The monoisotopic (exact) mass is 296 g/mol. The van der Waals surface area contributed by atoms with Crippen LogP contribution >= 0.6 is 0 Å². The fourth-order valence-corrected chi connectivity index (χ4v) is 3.20. The summed E-state index contributed by atoms with van der Waals surface area (Å²) < 4.78 is 7.37. The Labute approximate surface area is 130 Å². The number of methoxy groups -OCH3 is 1. The summed E-state index contributed by atoms with van der Waals surface area (Å²) in [5.41, 5.74) is 8.57. The average molecular weight is 296 g/mol. The van der Waals surface area contributed by atoms with Gasteiger partial charge in [0, 0.05) is 17.3 Å². The van der Waals surface area contributed by atoms with Crippen molar-refractivity contribution < 1.29 is 4.74 Å². The number of nitrogens with two attached hydrogens (primary N) is 1. The summed E-state index contributed by atoms with van der Waals surface area (Å²) in [6.07, 6.45) is 7.96. The van der Waals surface area contributed by atoms with E-state index in [4.69, 9.17) is 10.5 Å². The van der Waals surface area contributed by atoms with E-state index in [9.17, 15) is 5.26 Å². The van der Waals surface area contributed by atoms with Crippen molar-refractivity contribution in [2.45, 2.75) is 38.1 Å². The molecule has 1 fully saturated rings. The molecular formula is C17H20N4O. The lowest BCUT2D eigenvalue weighted by Crippen LogP contribution is -2.13. The van der Waals surface area contributed by atoms with Crippen LogP contribution in [-0.2, 0) is 0 Å². The Bertz CT molecular complexity index is 708. The summed E-state index contributed by atoms with van der Waals surface area (Å²) in [5.74, 6) is 0.599. The number of hydrogen-bond donors (Lipinski definition) is 1. The molecule has 114 valence electrons. The Balaban J connectivity index is 2.06. The van der Waals surface area contributed by atoms with Crippen LogP contribution in [0.4, 0.5) is 5.69 Å². The smallest absolute Gasteiger partial charge is 0.170 e. The van der Waals surface area contributed by atoms with Gasteiger partial charge in [-0.15, -0.1) is 0 Å². The lowest BCUT2D eigenvalue weighted by atomic mass is 9.96. The lowest BCUT2D eigenvalue weighted by Gasteiger charge is -2.21. The van der Waals surface area contributed by atoms with E-state index in [-0.39, 0.29) is 0 Å². The van der Waals surface area contributed by atoms with Gasteiger partial charge in [0.05, 0.1) is 18.8 Å². The number of hydrogen-bond acceptors (Lipinski definition) is 4. The minimum atomic E-state index is 0.390. The maximum atomic E-state index is 9.43. The summed E-state index contributed by atoms with van der Waals surface area (Å²) >= 11 is 0. The van der Waals surface area contributed by atoms with Gasteiger partial charge in [-0.25, -0.2) is 0 Å².